The van der Waals surface area contributed by atoms with Gasteiger partial charge < -0.3 is 9.84 Å². The summed E-state index contributed by atoms with van der Waals surface area (Å²) < 4.78 is 5.29. The van der Waals surface area contributed by atoms with Crippen molar-refractivity contribution in [3.05, 3.63) is 11.7 Å². The van der Waals surface area contributed by atoms with Crippen LogP contribution in [0.3, 0.4) is 0 Å². The average molecular weight is 259 g/mol. The molecule has 0 bridgehead atoms. The summed E-state index contributed by atoms with van der Waals surface area (Å²) in [4.78, 5) is 6.85. The molecular weight excluding hydrogens is 240 g/mol. The van der Waals surface area contributed by atoms with E-state index in [1.165, 1.54) is 12.8 Å². The fourth-order valence-corrected chi connectivity index (χ4v) is 2.13. The van der Waals surface area contributed by atoms with Gasteiger partial charge in [-0.15, -0.1) is 12.4 Å². The minimum atomic E-state index is 0. The highest BCUT2D eigenvalue weighted by Gasteiger charge is 2.29. The fraction of sp³-hybridized carbons (Fsp3) is 0.818. The zero-order valence-corrected chi connectivity index (χ0v) is 10.9. The predicted molar refractivity (Wildman–Crippen MR) is 66.3 cm³/mol. The summed E-state index contributed by atoms with van der Waals surface area (Å²) in [6.45, 7) is 6.17. The van der Waals surface area contributed by atoms with Crippen molar-refractivity contribution < 1.29 is 4.52 Å². The summed E-state index contributed by atoms with van der Waals surface area (Å²) >= 11 is 0. The van der Waals surface area contributed by atoms with Gasteiger partial charge >= 0.3 is 0 Å². The first kappa shape index (κ1) is 12.8. The third kappa shape index (κ3) is 2.97. The van der Waals surface area contributed by atoms with E-state index in [2.05, 4.69) is 27.3 Å². The molecule has 1 aromatic heterocycles. The highest BCUT2D eigenvalue weighted by Crippen LogP contribution is 2.38. The van der Waals surface area contributed by atoms with E-state index >= 15 is 0 Å². The summed E-state index contributed by atoms with van der Waals surface area (Å²) in [5.41, 5.74) is 0. The molecule has 0 spiro atoms. The van der Waals surface area contributed by atoms with Crippen molar-refractivity contribution in [2.75, 3.05) is 19.6 Å². The van der Waals surface area contributed by atoms with E-state index in [9.17, 15) is 0 Å². The van der Waals surface area contributed by atoms with Crippen molar-refractivity contribution in [1.29, 1.82) is 0 Å². The highest BCUT2D eigenvalue weighted by atomic mass is 35.5. The van der Waals surface area contributed by atoms with Gasteiger partial charge in [0.15, 0.2) is 5.82 Å². The van der Waals surface area contributed by atoms with Crippen LogP contribution in [0.4, 0.5) is 0 Å². The van der Waals surface area contributed by atoms with Gasteiger partial charge in [0.25, 0.3) is 0 Å². The maximum atomic E-state index is 5.29. The second kappa shape index (κ2) is 5.33. The Bertz CT molecular complexity index is 366. The summed E-state index contributed by atoms with van der Waals surface area (Å²) in [5.74, 6) is 2.27. The van der Waals surface area contributed by atoms with Crippen LogP contribution < -0.4 is 5.32 Å². The van der Waals surface area contributed by atoms with Crippen LogP contribution in [0.15, 0.2) is 4.52 Å². The van der Waals surface area contributed by atoms with E-state index in [-0.39, 0.29) is 12.4 Å². The van der Waals surface area contributed by atoms with Gasteiger partial charge in [-0.2, -0.15) is 4.98 Å². The summed E-state index contributed by atoms with van der Waals surface area (Å²) in [6.07, 6.45) is 2.45. The first-order valence-corrected chi connectivity index (χ1v) is 6.10. The minimum Gasteiger partial charge on any atom is -0.338 e. The molecule has 1 saturated carbocycles. The number of nitrogens with zero attached hydrogens (tertiary/aromatic N) is 3. The smallest absolute Gasteiger partial charge is 0.240 e. The Kier molecular flexibility index (Phi) is 4.01. The number of hydrogen-bond donors (Lipinski definition) is 1. The van der Waals surface area contributed by atoms with E-state index in [1.807, 2.05) is 0 Å². The van der Waals surface area contributed by atoms with E-state index in [0.717, 1.165) is 37.9 Å². The molecule has 2 fully saturated rings. The van der Waals surface area contributed by atoms with E-state index in [1.54, 1.807) is 0 Å². The zero-order chi connectivity index (χ0) is 11.0. The molecule has 1 unspecified atom stereocenters. The third-order valence-electron chi connectivity index (χ3n) is 3.40. The quantitative estimate of drug-likeness (QED) is 0.882. The number of halogens is 1. The van der Waals surface area contributed by atoms with Gasteiger partial charge in [-0.3, -0.25) is 4.90 Å². The van der Waals surface area contributed by atoms with Crippen LogP contribution >= 0.6 is 12.4 Å². The Hall–Kier alpha value is -0.650. The van der Waals surface area contributed by atoms with E-state index in [0.29, 0.717) is 12.0 Å². The fourth-order valence-electron chi connectivity index (χ4n) is 2.13. The maximum Gasteiger partial charge on any atom is 0.240 e. The second-order valence-corrected chi connectivity index (χ2v) is 4.84. The lowest BCUT2D eigenvalue weighted by molar-refractivity contribution is 0.146. The van der Waals surface area contributed by atoms with Crippen LogP contribution in [0.5, 0.6) is 0 Å². The number of nitrogens with one attached hydrogen (secondary N) is 1. The molecule has 1 aromatic rings. The molecule has 3 rings (SSSR count). The first-order valence-electron chi connectivity index (χ1n) is 6.10. The topological polar surface area (TPSA) is 54.2 Å². The van der Waals surface area contributed by atoms with Crippen LogP contribution in [0.2, 0.25) is 0 Å². The molecule has 2 aliphatic rings. The molecule has 1 saturated heterocycles. The van der Waals surface area contributed by atoms with Crippen molar-refractivity contribution in [3.8, 4) is 0 Å². The molecule has 17 heavy (non-hydrogen) atoms. The van der Waals surface area contributed by atoms with Crippen LogP contribution in [-0.4, -0.2) is 40.7 Å². The van der Waals surface area contributed by atoms with Crippen molar-refractivity contribution in [2.24, 2.45) is 0 Å². The van der Waals surface area contributed by atoms with Crippen LogP contribution in [0.25, 0.3) is 0 Å². The zero-order valence-electron chi connectivity index (χ0n) is 10.1. The third-order valence-corrected chi connectivity index (χ3v) is 3.40. The van der Waals surface area contributed by atoms with Crippen molar-refractivity contribution in [2.45, 2.75) is 38.3 Å². The average Bonchev–Trinajstić information content (AvgIpc) is 3.03. The molecule has 96 valence electrons. The lowest BCUT2D eigenvalue weighted by atomic mass is 10.2. The highest BCUT2D eigenvalue weighted by molar-refractivity contribution is 5.85. The molecule has 0 radical (unpaired) electrons. The largest absolute Gasteiger partial charge is 0.338 e. The normalized spacial score (nSPS) is 25.6. The van der Waals surface area contributed by atoms with Gasteiger partial charge in [-0.25, -0.2) is 0 Å². The van der Waals surface area contributed by atoms with Crippen LogP contribution in [0.1, 0.15) is 37.4 Å². The molecular formula is C11H19ClN4O. The maximum absolute atomic E-state index is 5.29. The van der Waals surface area contributed by atoms with Gasteiger partial charge in [-0.1, -0.05) is 5.16 Å². The van der Waals surface area contributed by atoms with Crippen molar-refractivity contribution in [1.82, 2.24) is 20.4 Å². The summed E-state index contributed by atoms with van der Waals surface area (Å²) in [7, 11) is 0. The van der Waals surface area contributed by atoms with E-state index < -0.39 is 0 Å². The van der Waals surface area contributed by atoms with Gasteiger partial charge in [0.05, 0.1) is 6.54 Å². The first-order chi connectivity index (χ1) is 7.83. The molecule has 1 N–H and O–H groups in total. The monoisotopic (exact) mass is 258 g/mol. The Morgan fingerprint density at radius 3 is 3.00 bits per heavy atom. The van der Waals surface area contributed by atoms with Gasteiger partial charge in [0, 0.05) is 31.6 Å². The minimum absolute atomic E-state index is 0. The molecule has 2 heterocycles. The molecule has 1 aliphatic carbocycles. The Morgan fingerprint density at radius 1 is 1.47 bits per heavy atom. The van der Waals surface area contributed by atoms with Crippen LogP contribution in [0, 0.1) is 0 Å². The second-order valence-electron chi connectivity index (χ2n) is 4.84. The Labute approximate surface area is 107 Å². The van der Waals surface area contributed by atoms with Gasteiger partial charge in [-0.05, 0) is 19.8 Å². The van der Waals surface area contributed by atoms with Gasteiger partial charge in [0.2, 0.25) is 5.89 Å². The molecule has 5 nitrogen and oxygen atoms in total. The molecule has 0 amide bonds. The van der Waals surface area contributed by atoms with Gasteiger partial charge in [0.1, 0.15) is 0 Å². The van der Waals surface area contributed by atoms with Crippen molar-refractivity contribution >= 4 is 12.4 Å². The summed E-state index contributed by atoms with van der Waals surface area (Å²) in [6, 6.07) is 0.546. The molecule has 1 atom stereocenters. The molecule has 1 aliphatic heterocycles. The number of piperazine rings is 1. The lowest BCUT2D eigenvalue weighted by Crippen LogP contribution is -2.49. The standard InChI is InChI=1S/C11H18N4O.ClH/c1-8-6-12-4-5-15(8)7-10-13-11(14-16-10)9-2-3-9;/h8-9,12H,2-7H2,1H3;1H. The SMILES string of the molecule is CC1CNCCN1Cc1nc(C2CC2)no1.Cl. The van der Waals surface area contributed by atoms with Crippen LogP contribution in [-0.2, 0) is 6.54 Å². The van der Waals surface area contributed by atoms with Crippen molar-refractivity contribution in [3.63, 3.8) is 0 Å². The Morgan fingerprint density at radius 2 is 2.29 bits per heavy atom. The molecule has 6 heteroatoms. The number of rotatable bonds is 3. The van der Waals surface area contributed by atoms with E-state index in [4.69, 9.17) is 4.52 Å². The Balaban J connectivity index is 0.00000108. The lowest BCUT2D eigenvalue weighted by Gasteiger charge is -2.32. The predicted octanol–water partition coefficient (Wildman–Crippen LogP) is 1.16. The number of aromatic nitrogens is 2. The summed E-state index contributed by atoms with van der Waals surface area (Å²) in [5, 5.41) is 7.42. The number of hydrogen-bond acceptors (Lipinski definition) is 5. The molecule has 0 aromatic carbocycles.